The van der Waals surface area contributed by atoms with Gasteiger partial charge in [-0.25, -0.2) is 0 Å². The second kappa shape index (κ2) is 11.0. The van der Waals surface area contributed by atoms with Crippen LogP contribution in [0, 0.1) is 5.92 Å². The monoisotopic (exact) mass is 512 g/mol. The lowest BCUT2D eigenvalue weighted by Crippen LogP contribution is -2.50. The number of anilines is 2. The lowest BCUT2D eigenvalue weighted by atomic mass is 9.78. The summed E-state index contributed by atoms with van der Waals surface area (Å²) in [6, 6.07) is 15.7. The molecule has 1 aliphatic heterocycles. The average Bonchev–Trinajstić information content (AvgIpc) is 3.36. The predicted octanol–water partition coefficient (Wildman–Crippen LogP) is 4.97. The molecule has 35 heavy (non-hydrogen) atoms. The Morgan fingerprint density at radius 3 is 2.26 bits per heavy atom. The molecule has 0 atom stereocenters. The minimum atomic E-state index is -0.534. The Bertz CT molecular complexity index is 1080. The first kappa shape index (κ1) is 25.5. The molecule has 4 rings (SSSR count). The first-order valence-corrected chi connectivity index (χ1v) is 13.1. The van der Waals surface area contributed by atoms with E-state index in [-0.39, 0.29) is 22.8 Å². The van der Waals surface area contributed by atoms with Crippen molar-refractivity contribution < 1.29 is 9.59 Å². The number of carbonyl (C=O) groups is 2. The van der Waals surface area contributed by atoms with Gasteiger partial charge in [0, 0.05) is 37.8 Å². The van der Waals surface area contributed by atoms with E-state index in [0.29, 0.717) is 18.1 Å². The fourth-order valence-electron chi connectivity index (χ4n) is 5.14. The third-order valence-corrected chi connectivity index (χ3v) is 7.58. The second-order valence-corrected chi connectivity index (χ2v) is 10.5. The van der Waals surface area contributed by atoms with Crippen molar-refractivity contribution >= 4 is 52.1 Å². The number of amides is 2. The molecule has 1 heterocycles. The van der Waals surface area contributed by atoms with Crippen LogP contribution in [-0.2, 0) is 15.0 Å². The van der Waals surface area contributed by atoms with E-state index >= 15 is 0 Å². The van der Waals surface area contributed by atoms with Crippen LogP contribution in [0.3, 0.4) is 0 Å². The van der Waals surface area contributed by atoms with Gasteiger partial charge in [-0.05, 0) is 48.8 Å². The topological polar surface area (TPSA) is 64.7 Å². The number of piperazine rings is 1. The fraction of sp³-hybridized carbons (Fsp3) is 0.444. The van der Waals surface area contributed by atoms with E-state index in [4.69, 9.17) is 23.8 Å². The Kier molecular flexibility index (Phi) is 7.97. The Labute approximate surface area is 218 Å². The lowest BCUT2D eigenvalue weighted by molar-refractivity contribution is -0.134. The standard InChI is InChI=1S/C27H33ClN4O2S/c1-19(2)24(33)32-16-14-31(15-17-32)23-11-10-21(18-22(23)28)29-26(35)30-25(34)27(12-6-7-13-27)20-8-4-3-5-9-20/h3-5,8-11,18-19H,6-7,12-17H2,1-2H3,(H2,29,30,34,35). The summed E-state index contributed by atoms with van der Waals surface area (Å²) >= 11 is 12.1. The highest BCUT2D eigenvalue weighted by atomic mass is 35.5. The first-order valence-electron chi connectivity index (χ1n) is 12.3. The molecule has 186 valence electrons. The molecule has 0 aromatic heterocycles. The van der Waals surface area contributed by atoms with Crippen LogP contribution >= 0.6 is 23.8 Å². The predicted molar refractivity (Wildman–Crippen MR) is 146 cm³/mol. The molecule has 2 aromatic carbocycles. The van der Waals surface area contributed by atoms with Crippen LogP contribution < -0.4 is 15.5 Å². The van der Waals surface area contributed by atoms with E-state index in [0.717, 1.165) is 55.7 Å². The number of benzene rings is 2. The smallest absolute Gasteiger partial charge is 0.236 e. The van der Waals surface area contributed by atoms with Crippen LogP contribution in [0.25, 0.3) is 0 Å². The van der Waals surface area contributed by atoms with E-state index in [1.54, 1.807) is 0 Å². The van der Waals surface area contributed by atoms with Gasteiger partial charge in [0.1, 0.15) is 0 Å². The Morgan fingerprint density at radius 1 is 1.00 bits per heavy atom. The quantitative estimate of drug-likeness (QED) is 0.554. The van der Waals surface area contributed by atoms with Gasteiger partial charge >= 0.3 is 0 Å². The molecule has 2 aliphatic rings. The molecule has 2 fully saturated rings. The molecule has 0 spiro atoms. The maximum Gasteiger partial charge on any atom is 0.236 e. The number of hydrogen-bond donors (Lipinski definition) is 2. The van der Waals surface area contributed by atoms with Gasteiger partial charge in [0.2, 0.25) is 11.8 Å². The van der Waals surface area contributed by atoms with Gasteiger partial charge < -0.3 is 20.4 Å². The van der Waals surface area contributed by atoms with Crippen LogP contribution in [0.15, 0.2) is 48.5 Å². The summed E-state index contributed by atoms with van der Waals surface area (Å²) < 4.78 is 0. The van der Waals surface area contributed by atoms with Crippen LogP contribution in [0.5, 0.6) is 0 Å². The zero-order chi connectivity index (χ0) is 25.0. The van der Waals surface area contributed by atoms with Gasteiger partial charge in [-0.3, -0.25) is 9.59 Å². The minimum absolute atomic E-state index is 0.0102. The zero-order valence-corrected chi connectivity index (χ0v) is 21.9. The molecule has 2 amide bonds. The second-order valence-electron chi connectivity index (χ2n) is 9.70. The van der Waals surface area contributed by atoms with Crippen LogP contribution in [0.2, 0.25) is 5.02 Å². The van der Waals surface area contributed by atoms with E-state index in [2.05, 4.69) is 15.5 Å². The Balaban J connectivity index is 1.37. The first-order chi connectivity index (χ1) is 16.8. The third-order valence-electron chi connectivity index (χ3n) is 7.08. The number of hydrogen-bond acceptors (Lipinski definition) is 4. The van der Waals surface area contributed by atoms with E-state index in [1.165, 1.54) is 0 Å². The van der Waals surface area contributed by atoms with Gasteiger partial charge in [-0.1, -0.05) is 68.6 Å². The van der Waals surface area contributed by atoms with Crippen molar-refractivity contribution in [3.05, 3.63) is 59.1 Å². The highest BCUT2D eigenvalue weighted by Crippen LogP contribution is 2.41. The summed E-state index contributed by atoms with van der Waals surface area (Å²) in [5.74, 6) is 0.142. The molecule has 8 heteroatoms. The van der Waals surface area contributed by atoms with Gasteiger partial charge in [0.15, 0.2) is 5.11 Å². The molecule has 0 radical (unpaired) electrons. The highest BCUT2D eigenvalue weighted by molar-refractivity contribution is 7.80. The largest absolute Gasteiger partial charge is 0.367 e. The van der Waals surface area contributed by atoms with E-state index in [9.17, 15) is 9.59 Å². The van der Waals surface area contributed by atoms with Crippen molar-refractivity contribution in [1.29, 1.82) is 0 Å². The summed E-state index contributed by atoms with van der Waals surface area (Å²) in [6.07, 6.45) is 3.70. The SMILES string of the molecule is CC(C)C(=O)N1CCN(c2ccc(NC(=S)NC(=O)C3(c4ccccc4)CCCC3)cc2Cl)CC1. The van der Waals surface area contributed by atoms with Crippen LogP contribution in [-0.4, -0.2) is 48.0 Å². The number of nitrogens with one attached hydrogen (secondary N) is 2. The van der Waals surface area contributed by atoms with Crippen molar-refractivity contribution in [1.82, 2.24) is 10.2 Å². The fourth-order valence-corrected chi connectivity index (χ4v) is 5.65. The van der Waals surface area contributed by atoms with Crippen molar-refractivity contribution in [3.8, 4) is 0 Å². The molecule has 0 bridgehead atoms. The molecule has 1 saturated heterocycles. The summed E-state index contributed by atoms with van der Waals surface area (Å²) in [7, 11) is 0. The molecule has 1 aliphatic carbocycles. The normalized spacial score (nSPS) is 17.4. The Hall–Kier alpha value is -2.64. The lowest BCUT2D eigenvalue weighted by Gasteiger charge is -2.37. The average molecular weight is 513 g/mol. The highest BCUT2D eigenvalue weighted by Gasteiger charge is 2.42. The molecular formula is C27H33ClN4O2S. The molecule has 2 N–H and O–H groups in total. The molecule has 6 nitrogen and oxygen atoms in total. The number of nitrogens with zero attached hydrogens (tertiary/aromatic N) is 2. The maximum atomic E-state index is 13.3. The number of carbonyl (C=O) groups excluding carboxylic acids is 2. The van der Waals surface area contributed by atoms with Gasteiger partial charge in [-0.15, -0.1) is 0 Å². The van der Waals surface area contributed by atoms with Crippen LogP contribution in [0.1, 0.15) is 45.1 Å². The van der Waals surface area contributed by atoms with Crippen molar-refractivity contribution in [2.24, 2.45) is 5.92 Å². The van der Waals surface area contributed by atoms with E-state index in [1.807, 2.05) is 67.3 Å². The van der Waals surface area contributed by atoms with Gasteiger partial charge in [-0.2, -0.15) is 0 Å². The third kappa shape index (κ3) is 5.62. The Morgan fingerprint density at radius 2 is 1.66 bits per heavy atom. The maximum absolute atomic E-state index is 13.3. The summed E-state index contributed by atoms with van der Waals surface area (Å²) in [4.78, 5) is 29.7. The van der Waals surface area contributed by atoms with Crippen molar-refractivity contribution in [2.45, 2.75) is 44.9 Å². The number of rotatable bonds is 5. The molecule has 0 unspecified atom stereocenters. The summed E-state index contributed by atoms with van der Waals surface area (Å²) in [6.45, 7) is 6.71. The van der Waals surface area contributed by atoms with Crippen molar-refractivity contribution in [2.75, 3.05) is 36.4 Å². The summed E-state index contributed by atoms with van der Waals surface area (Å²) in [5, 5.41) is 6.90. The van der Waals surface area contributed by atoms with Gasteiger partial charge in [0.05, 0.1) is 16.1 Å². The number of thiocarbonyl (C=S) groups is 1. The molecular weight excluding hydrogens is 480 g/mol. The molecule has 1 saturated carbocycles. The van der Waals surface area contributed by atoms with E-state index < -0.39 is 5.41 Å². The zero-order valence-electron chi connectivity index (χ0n) is 20.4. The summed E-state index contributed by atoms with van der Waals surface area (Å²) in [5.41, 5.74) is 2.16. The molecule has 2 aromatic rings. The van der Waals surface area contributed by atoms with Crippen LogP contribution in [0.4, 0.5) is 11.4 Å². The number of halogens is 1. The minimum Gasteiger partial charge on any atom is -0.367 e. The van der Waals surface area contributed by atoms with Gasteiger partial charge in [0.25, 0.3) is 0 Å². The van der Waals surface area contributed by atoms with Crippen molar-refractivity contribution in [3.63, 3.8) is 0 Å².